The largest absolute Gasteiger partial charge is 0.476 e. The molecule has 0 bridgehead atoms. The molecule has 0 aliphatic heterocycles. The summed E-state index contributed by atoms with van der Waals surface area (Å²) in [6, 6.07) is 18.0. The quantitative estimate of drug-likeness (QED) is 0.717. The maximum atomic E-state index is 11.9. The molecule has 0 atom stereocenters. The lowest BCUT2D eigenvalue weighted by atomic mass is 10.1. The molecule has 0 fully saturated rings. The Kier molecular flexibility index (Phi) is 8.46. The second-order valence-electron chi connectivity index (χ2n) is 6.07. The van der Waals surface area contributed by atoms with Crippen molar-refractivity contribution in [3.63, 3.8) is 0 Å². The molecule has 5 heteroatoms. The number of benzene rings is 2. The van der Waals surface area contributed by atoms with Crippen LogP contribution in [0.3, 0.4) is 0 Å². The highest BCUT2D eigenvalue weighted by molar-refractivity contribution is 5.85. The van der Waals surface area contributed by atoms with Crippen molar-refractivity contribution in [1.29, 1.82) is 0 Å². The minimum atomic E-state index is -0.997. The van der Waals surface area contributed by atoms with Gasteiger partial charge in [0.2, 0.25) is 0 Å². The topological polar surface area (TPSA) is 47.6 Å². The van der Waals surface area contributed by atoms with Gasteiger partial charge in [0.25, 0.3) is 0 Å². The summed E-state index contributed by atoms with van der Waals surface area (Å²) in [5, 5.41) is 3.41. The molecule has 1 N–H and O–H groups in total. The van der Waals surface area contributed by atoms with Crippen LogP contribution < -0.4 is 10.1 Å². The number of hydrogen-bond acceptors (Lipinski definition) is 4. The van der Waals surface area contributed by atoms with Gasteiger partial charge < -0.3 is 14.8 Å². The van der Waals surface area contributed by atoms with E-state index in [2.05, 4.69) is 17.4 Å². The van der Waals surface area contributed by atoms with Crippen LogP contribution >= 0.6 is 12.4 Å². The lowest BCUT2D eigenvalue weighted by Crippen LogP contribution is -2.39. The van der Waals surface area contributed by atoms with Gasteiger partial charge in [0, 0.05) is 13.1 Å². The van der Waals surface area contributed by atoms with E-state index in [0.29, 0.717) is 12.4 Å². The summed E-state index contributed by atoms with van der Waals surface area (Å²) in [5.41, 5.74) is 1.42. The molecule has 0 spiro atoms. The van der Waals surface area contributed by atoms with Gasteiger partial charge in [0.05, 0.1) is 6.61 Å². The van der Waals surface area contributed by atoms with E-state index in [9.17, 15) is 4.79 Å². The summed E-state index contributed by atoms with van der Waals surface area (Å²) in [6.07, 6.45) is 0. The smallest absolute Gasteiger partial charge is 0.349 e. The Morgan fingerprint density at radius 1 is 0.960 bits per heavy atom. The lowest BCUT2D eigenvalue weighted by Gasteiger charge is -2.24. The Labute approximate surface area is 155 Å². The van der Waals surface area contributed by atoms with Gasteiger partial charge in [-0.25, -0.2) is 4.79 Å². The van der Waals surface area contributed by atoms with Crippen molar-refractivity contribution in [2.75, 3.05) is 6.61 Å². The molecule has 2 rings (SSSR count). The highest BCUT2D eigenvalue weighted by Crippen LogP contribution is 2.20. The van der Waals surface area contributed by atoms with Gasteiger partial charge in [-0.3, -0.25) is 0 Å². The first-order valence-electron chi connectivity index (χ1n) is 8.21. The van der Waals surface area contributed by atoms with Crippen molar-refractivity contribution in [3.05, 3.63) is 65.7 Å². The van der Waals surface area contributed by atoms with Crippen LogP contribution in [0.25, 0.3) is 0 Å². The molecular weight excluding hydrogens is 338 g/mol. The highest BCUT2D eigenvalue weighted by Gasteiger charge is 2.31. The Balaban J connectivity index is 0.00000312. The summed E-state index contributed by atoms with van der Waals surface area (Å²) in [6.45, 7) is 7.15. The standard InChI is InChI=1S/C20H25NO3.ClH/c1-4-23-19(22)20(2,3)24-18-12-10-17(11-13-18)15-21-14-16-8-6-5-7-9-16;/h5-13,21H,4,14-15H2,1-3H3;1H. The second-order valence-corrected chi connectivity index (χ2v) is 6.07. The van der Waals surface area contributed by atoms with E-state index >= 15 is 0 Å². The molecule has 0 aliphatic rings. The van der Waals surface area contributed by atoms with Gasteiger partial charge in [-0.05, 0) is 44.0 Å². The SMILES string of the molecule is CCOC(=O)C(C)(C)Oc1ccc(CNCc2ccccc2)cc1.Cl. The van der Waals surface area contributed by atoms with Crippen LogP contribution in [0.1, 0.15) is 31.9 Å². The third kappa shape index (κ3) is 6.77. The Hall–Kier alpha value is -2.04. The van der Waals surface area contributed by atoms with Crippen LogP contribution in [-0.2, 0) is 22.6 Å². The van der Waals surface area contributed by atoms with Gasteiger partial charge in [-0.2, -0.15) is 0 Å². The third-order valence-corrected chi connectivity index (χ3v) is 3.56. The fourth-order valence-corrected chi connectivity index (χ4v) is 2.26. The summed E-state index contributed by atoms with van der Waals surface area (Å²) in [4.78, 5) is 11.9. The van der Waals surface area contributed by atoms with E-state index in [1.807, 2.05) is 42.5 Å². The molecule has 2 aromatic rings. The zero-order chi connectivity index (χ0) is 17.4. The van der Waals surface area contributed by atoms with E-state index in [-0.39, 0.29) is 18.4 Å². The van der Waals surface area contributed by atoms with Crippen LogP contribution in [0.5, 0.6) is 5.75 Å². The molecule has 136 valence electrons. The zero-order valence-corrected chi connectivity index (χ0v) is 15.8. The second kappa shape index (κ2) is 10.1. The minimum absolute atomic E-state index is 0. The molecule has 25 heavy (non-hydrogen) atoms. The molecular formula is C20H26ClNO3. The van der Waals surface area contributed by atoms with Gasteiger partial charge in [0.15, 0.2) is 5.60 Å². The van der Waals surface area contributed by atoms with Crippen molar-refractivity contribution >= 4 is 18.4 Å². The number of esters is 1. The molecule has 4 nitrogen and oxygen atoms in total. The molecule has 0 aromatic heterocycles. The monoisotopic (exact) mass is 363 g/mol. The van der Waals surface area contributed by atoms with Crippen molar-refractivity contribution in [2.45, 2.75) is 39.5 Å². The first kappa shape index (κ1) is 21.0. The van der Waals surface area contributed by atoms with Crippen LogP contribution in [0.4, 0.5) is 0 Å². The molecule has 0 heterocycles. The van der Waals surface area contributed by atoms with E-state index in [0.717, 1.165) is 18.7 Å². The molecule has 0 aliphatic carbocycles. The Bertz CT molecular complexity index is 642. The molecule has 2 aromatic carbocycles. The number of nitrogens with one attached hydrogen (secondary N) is 1. The van der Waals surface area contributed by atoms with Crippen LogP contribution in [0.15, 0.2) is 54.6 Å². The molecule has 0 saturated heterocycles. The predicted octanol–water partition coefficient (Wildman–Crippen LogP) is 4.12. The average Bonchev–Trinajstić information content (AvgIpc) is 2.57. The first-order valence-corrected chi connectivity index (χ1v) is 8.21. The zero-order valence-electron chi connectivity index (χ0n) is 15.0. The van der Waals surface area contributed by atoms with Crippen LogP contribution in [0.2, 0.25) is 0 Å². The number of carbonyl (C=O) groups excluding carboxylic acids is 1. The number of hydrogen-bond donors (Lipinski definition) is 1. The first-order chi connectivity index (χ1) is 11.5. The van der Waals surface area contributed by atoms with E-state index in [1.54, 1.807) is 20.8 Å². The summed E-state index contributed by atoms with van der Waals surface area (Å²) < 4.78 is 10.8. The third-order valence-electron chi connectivity index (χ3n) is 3.56. The number of ether oxygens (including phenoxy) is 2. The molecule has 0 amide bonds. The van der Waals surface area contributed by atoms with E-state index in [4.69, 9.17) is 9.47 Å². The fraction of sp³-hybridized carbons (Fsp3) is 0.350. The predicted molar refractivity (Wildman–Crippen MR) is 102 cm³/mol. The van der Waals surface area contributed by atoms with Crippen molar-refractivity contribution < 1.29 is 14.3 Å². The number of rotatable bonds is 8. The van der Waals surface area contributed by atoms with Crippen molar-refractivity contribution in [1.82, 2.24) is 5.32 Å². The van der Waals surface area contributed by atoms with Gasteiger partial charge in [-0.15, -0.1) is 12.4 Å². The maximum Gasteiger partial charge on any atom is 0.349 e. The van der Waals surface area contributed by atoms with Gasteiger partial charge in [0.1, 0.15) is 5.75 Å². The minimum Gasteiger partial charge on any atom is -0.476 e. The highest BCUT2D eigenvalue weighted by atomic mass is 35.5. The Morgan fingerprint density at radius 3 is 2.08 bits per heavy atom. The van der Waals surface area contributed by atoms with Crippen molar-refractivity contribution in [2.24, 2.45) is 0 Å². The summed E-state index contributed by atoms with van der Waals surface area (Å²) in [5.74, 6) is 0.290. The number of halogens is 1. The van der Waals surface area contributed by atoms with Crippen LogP contribution in [0, 0.1) is 0 Å². The van der Waals surface area contributed by atoms with Gasteiger partial charge >= 0.3 is 5.97 Å². The summed E-state index contributed by atoms with van der Waals surface area (Å²) in [7, 11) is 0. The summed E-state index contributed by atoms with van der Waals surface area (Å²) >= 11 is 0. The van der Waals surface area contributed by atoms with E-state index < -0.39 is 5.60 Å². The normalized spacial score (nSPS) is 10.7. The lowest BCUT2D eigenvalue weighted by molar-refractivity contribution is -0.158. The molecule has 0 radical (unpaired) electrons. The number of carbonyl (C=O) groups is 1. The maximum absolute atomic E-state index is 11.9. The van der Waals surface area contributed by atoms with E-state index in [1.165, 1.54) is 5.56 Å². The average molecular weight is 364 g/mol. The Morgan fingerprint density at radius 2 is 1.52 bits per heavy atom. The van der Waals surface area contributed by atoms with Crippen molar-refractivity contribution in [3.8, 4) is 5.75 Å². The van der Waals surface area contributed by atoms with Crippen LogP contribution in [-0.4, -0.2) is 18.2 Å². The fourth-order valence-electron chi connectivity index (χ4n) is 2.26. The van der Waals surface area contributed by atoms with Gasteiger partial charge in [-0.1, -0.05) is 42.5 Å². The molecule has 0 unspecified atom stereocenters. The molecule has 0 saturated carbocycles.